The molecule has 0 radical (unpaired) electrons. The van der Waals surface area contributed by atoms with Crippen LogP contribution in [0.5, 0.6) is 5.75 Å². The normalized spacial score (nSPS) is 13.2. The average Bonchev–Trinajstić information content (AvgIpc) is 2.50. The van der Waals surface area contributed by atoms with Gasteiger partial charge in [0.1, 0.15) is 5.75 Å². The maximum atomic E-state index is 5.81. The predicted octanol–water partition coefficient (Wildman–Crippen LogP) is 2.58. The van der Waals surface area contributed by atoms with E-state index in [4.69, 9.17) is 22.8 Å². The van der Waals surface area contributed by atoms with Gasteiger partial charge in [0, 0.05) is 27.9 Å². The SMILES string of the molecule is CCOc1ccc(C(OCC)[Si](OC)(OC)OC)cc1. The summed E-state index contributed by atoms with van der Waals surface area (Å²) in [5.74, 6) is 0.825. The summed E-state index contributed by atoms with van der Waals surface area (Å²) in [6, 6.07) is 7.71. The van der Waals surface area contributed by atoms with Gasteiger partial charge in [0.05, 0.1) is 6.61 Å². The van der Waals surface area contributed by atoms with Gasteiger partial charge in [0.25, 0.3) is 0 Å². The fourth-order valence-electron chi connectivity index (χ4n) is 2.05. The second-order valence-corrected chi connectivity index (χ2v) is 7.01. The van der Waals surface area contributed by atoms with E-state index in [2.05, 4.69) is 0 Å². The molecule has 0 fully saturated rings. The first kappa shape index (κ1) is 17.1. The summed E-state index contributed by atoms with van der Waals surface area (Å²) in [6.07, 6.45) is 0. The molecule has 0 aliphatic heterocycles. The van der Waals surface area contributed by atoms with Crippen LogP contribution in [0.15, 0.2) is 24.3 Å². The molecule has 1 atom stereocenters. The maximum Gasteiger partial charge on any atom is 0.535 e. The monoisotopic (exact) mass is 300 g/mol. The molecule has 0 bridgehead atoms. The minimum absolute atomic E-state index is 0.358. The molecule has 0 N–H and O–H groups in total. The molecule has 0 aliphatic carbocycles. The molecule has 0 heterocycles. The van der Waals surface area contributed by atoms with Gasteiger partial charge in [-0.05, 0) is 31.5 Å². The van der Waals surface area contributed by atoms with Crippen LogP contribution in [-0.2, 0) is 18.0 Å². The van der Waals surface area contributed by atoms with Gasteiger partial charge in [0.15, 0.2) is 5.73 Å². The first-order valence-corrected chi connectivity index (χ1v) is 8.47. The summed E-state index contributed by atoms with van der Waals surface area (Å²) in [5, 5.41) is 0. The zero-order valence-electron chi connectivity index (χ0n) is 12.8. The molecule has 0 saturated carbocycles. The number of ether oxygens (including phenoxy) is 2. The lowest BCUT2D eigenvalue weighted by Crippen LogP contribution is -2.50. The largest absolute Gasteiger partial charge is 0.535 e. The lowest BCUT2D eigenvalue weighted by molar-refractivity contribution is 0.0169. The summed E-state index contributed by atoms with van der Waals surface area (Å²) in [5.41, 5.74) is 0.593. The quantitative estimate of drug-likeness (QED) is 0.656. The third-order valence-corrected chi connectivity index (χ3v) is 5.85. The molecular formula is C14H24O5Si. The smallest absolute Gasteiger partial charge is 0.494 e. The molecule has 1 aromatic carbocycles. The van der Waals surface area contributed by atoms with Crippen LogP contribution < -0.4 is 4.74 Å². The topological polar surface area (TPSA) is 46.2 Å². The van der Waals surface area contributed by atoms with Crippen molar-refractivity contribution >= 4 is 8.80 Å². The number of hydrogen-bond donors (Lipinski definition) is 0. The van der Waals surface area contributed by atoms with Crippen LogP contribution >= 0.6 is 0 Å². The zero-order valence-corrected chi connectivity index (χ0v) is 13.8. The van der Waals surface area contributed by atoms with E-state index in [1.807, 2.05) is 38.1 Å². The summed E-state index contributed by atoms with van der Waals surface area (Å²) in [6.45, 7) is 5.07. The van der Waals surface area contributed by atoms with E-state index in [1.165, 1.54) is 0 Å². The van der Waals surface area contributed by atoms with Crippen molar-refractivity contribution in [1.29, 1.82) is 0 Å². The Kier molecular flexibility index (Phi) is 7.18. The van der Waals surface area contributed by atoms with E-state index in [9.17, 15) is 0 Å². The van der Waals surface area contributed by atoms with Gasteiger partial charge in [-0.25, -0.2) is 0 Å². The van der Waals surface area contributed by atoms with Crippen molar-refractivity contribution in [3.8, 4) is 5.75 Å². The van der Waals surface area contributed by atoms with Crippen LogP contribution in [0.1, 0.15) is 25.1 Å². The molecule has 0 amide bonds. The Morgan fingerprint density at radius 3 is 1.85 bits per heavy atom. The number of hydrogen-bond acceptors (Lipinski definition) is 5. The standard InChI is InChI=1S/C14H24O5Si/c1-6-18-13-10-8-12(9-11-13)14(19-7-2)20(15-3,16-4)17-5/h8-11,14H,6-7H2,1-5H3. The van der Waals surface area contributed by atoms with Gasteiger partial charge in [0.2, 0.25) is 0 Å². The minimum Gasteiger partial charge on any atom is -0.494 e. The predicted molar refractivity (Wildman–Crippen MR) is 78.8 cm³/mol. The maximum absolute atomic E-state index is 5.81. The fraction of sp³-hybridized carbons (Fsp3) is 0.571. The summed E-state index contributed by atoms with van der Waals surface area (Å²) < 4.78 is 27.8. The van der Waals surface area contributed by atoms with Crippen LogP contribution in [-0.4, -0.2) is 43.3 Å². The lowest BCUT2D eigenvalue weighted by atomic mass is 10.2. The van der Waals surface area contributed by atoms with E-state index < -0.39 is 8.80 Å². The van der Waals surface area contributed by atoms with Crippen LogP contribution in [0.3, 0.4) is 0 Å². The Bertz CT molecular complexity index is 369. The molecule has 0 aromatic heterocycles. The van der Waals surface area contributed by atoms with Crippen LogP contribution in [0, 0.1) is 0 Å². The van der Waals surface area contributed by atoms with Crippen molar-refractivity contribution in [3.05, 3.63) is 29.8 Å². The van der Waals surface area contributed by atoms with Crippen molar-refractivity contribution in [3.63, 3.8) is 0 Å². The van der Waals surface area contributed by atoms with Gasteiger partial charge in [-0.2, -0.15) is 0 Å². The summed E-state index contributed by atoms with van der Waals surface area (Å²) in [4.78, 5) is 0. The Labute approximate surface area is 122 Å². The van der Waals surface area contributed by atoms with Gasteiger partial charge in [-0.15, -0.1) is 0 Å². The highest BCUT2D eigenvalue weighted by Gasteiger charge is 2.49. The minimum atomic E-state index is -2.91. The molecule has 0 saturated heterocycles. The van der Waals surface area contributed by atoms with Gasteiger partial charge in [-0.3, -0.25) is 0 Å². The van der Waals surface area contributed by atoms with Crippen molar-refractivity contribution in [2.75, 3.05) is 34.5 Å². The number of rotatable bonds is 9. The highest BCUT2D eigenvalue weighted by Crippen LogP contribution is 2.31. The Hall–Kier alpha value is -0.923. The third kappa shape index (κ3) is 3.80. The molecule has 0 aliphatic rings. The Morgan fingerprint density at radius 2 is 1.45 bits per heavy atom. The van der Waals surface area contributed by atoms with Crippen LogP contribution in [0.25, 0.3) is 0 Å². The number of benzene rings is 1. The molecule has 6 heteroatoms. The van der Waals surface area contributed by atoms with E-state index in [0.717, 1.165) is 11.3 Å². The third-order valence-electron chi connectivity index (χ3n) is 3.00. The molecular weight excluding hydrogens is 276 g/mol. The molecule has 1 rings (SSSR count). The van der Waals surface area contributed by atoms with E-state index in [-0.39, 0.29) is 5.73 Å². The second-order valence-electron chi connectivity index (χ2n) is 4.05. The van der Waals surface area contributed by atoms with E-state index in [1.54, 1.807) is 21.3 Å². The molecule has 0 spiro atoms. The van der Waals surface area contributed by atoms with Gasteiger partial charge >= 0.3 is 8.80 Å². The fourth-order valence-corrected chi connectivity index (χ4v) is 4.16. The zero-order chi connectivity index (χ0) is 15.0. The first-order chi connectivity index (χ1) is 9.67. The molecule has 5 nitrogen and oxygen atoms in total. The summed E-state index contributed by atoms with van der Waals surface area (Å²) >= 11 is 0. The average molecular weight is 300 g/mol. The van der Waals surface area contributed by atoms with Crippen LogP contribution in [0.2, 0.25) is 0 Å². The van der Waals surface area contributed by atoms with Crippen molar-refractivity contribution in [1.82, 2.24) is 0 Å². The highest BCUT2D eigenvalue weighted by atomic mass is 28.4. The first-order valence-electron chi connectivity index (χ1n) is 6.67. The molecule has 20 heavy (non-hydrogen) atoms. The van der Waals surface area contributed by atoms with Gasteiger partial charge in [-0.1, -0.05) is 12.1 Å². The Balaban J connectivity index is 3.05. The highest BCUT2D eigenvalue weighted by molar-refractivity contribution is 6.61. The van der Waals surface area contributed by atoms with Crippen molar-refractivity contribution < 1.29 is 22.8 Å². The van der Waals surface area contributed by atoms with E-state index in [0.29, 0.717) is 13.2 Å². The van der Waals surface area contributed by atoms with Crippen molar-refractivity contribution in [2.45, 2.75) is 19.6 Å². The Morgan fingerprint density at radius 1 is 0.900 bits per heavy atom. The summed E-state index contributed by atoms with van der Waals surface area (Å²) in [7, 11) is 1.84. The molecule has 1 unspecified atom stereocenters. The molecule has 1 aromatic rings. The van der Waals surface area contributed by atoms with Crippen molar-refractivity contribution in [2.24, 2.45) is 0 Å². The second kappa shape index (κ2) is 8.38. The van der Waals surface area contributed by atoms with Crippen LogP contribution in [0.4, 0.5) is 0 Å². The molecule has 114 valence electrons. The lowest BCUT2D eigenvalue weighted by Gasteiger charge is -2.32. The van der Waals surface area contributed by atoms with Gasteiger partial charge < -0.3 is 22.8 Å². The van der Waals surface area contributed by atoms with E-state index >= 15 is 0 Å².